The number of hydrogen-bond acceptors (Lipinski definition) is 2. The zero-order chi connectivity index (χ0) is 7.84. The van der Waals surface area contributed by atoms with Crippen molar-refractivity contribution < 1.29 is 9.90 Å². The second-order valence-corrected chi connectivity index (χ2v) is 3.58. The minimum atomic E-state index is -0.667. The first kappa shape index (κ1) is 7.10. The number of aliphatic carboxylic acids is 1. The van der Waals surface area contributed by atoms with Gasteiger partial charge in [0.15, 0.2) is 0 Å². The number of carbonyl (C=O) groups is 1. The third kappa shape index (κ3) is 1.03. The van der Waals surface area contributed by atoms with Crippen molar-refractivity contribution >= 4 is 5.97 Å². The molecule has 0 aromatic carbocycles. The molecule has 1 saturated carbocycles. The van der Waals surface area contributed by atoms with Gasteiger partial charge in [-0.2, -0.15) is 0 Å². The summed E-state index contributed by atoms with van der Waals surface area (Å²) in [5.74, 6) is 0.406. The summed E-state index contributed by atoms with van der Waals surface area (Å²) < 4.78 is 0. The van der Waals surface area contributed by atoms with Crippen LogP contribution in [0.25, 0.3) is 0 Å². The lowest BCUT2D eigenvalue weighted by Gasteiger charge is -2.12. The fraction of sp³-hybridized carbons (Fsp3) is 0.875. The van der Waals surface area contributed by atoms with E-state index in [0.29, 0.717) is 11.8 Å². The summed E-state index contributed by atoms with van der Waals surface area (Å²) in [4.78, 5) is 10.7. The van der Waals surface area contributed by atoms with Crippen molar-refractivity contribution in [3.05, 3.63) is 0 Å². The number of fused-ring (bicyclic) bond motifs is 1. The molecule has 0 spiro atoms. The molecule has 0 aromatic heterocycles. The van der Waals surface area contributed by atoms with Gasteiger partial charge in [-0.05, 0) is 31.2 Å². The van der Waals surface area contributed by atoms with Gasteiger partial charge in [-0.3, -0.25) is 4.79 Å². The zero-order valence-electron chi connectivity index (χ0n) is 6.42. The highest BCUT2D eigenvalue weighted by Gasteiger charge is 2.42. The molecule has 1 aliphatic heterocycles. The minimum Gasteiger partial charge on any atom is -0.480 e. The Hall–Kier alpha value is -0.570. The Bertz CT molecular complexity index is 181. The molecule has 0 bridgehead atoms. The Balaban J connectivity index is 2.08. The molecule has 11 heavy (non-hydrogen) atoms. The topological polar surface area (TPSA) is 49.3 Å². The largest absolute Gasteiger partial charge is 0.480 e. The second kappa shape index (κ2) is 2.48. The maximum absolute atomic E-state index is 10.7. The molecule has 2 fully saturated rings. The van der Waals surface area contributed by atoms with Gasteiger partial charge in [-0.25, -0.2) is 0 Å². The first-order valence-corrected chi connectivity index (χ1v) is 4.25. The Morgan fingerprint density at radius 2 is 2.27 bits per heavy atom. The average molecular weight is 155 g/mol. The molecule has 1 heterocycles. The summed E-state index contributed by atoms with van der Waals surface area (Å²) in [6.45, 7) is 0.918. The van der Waals surface area contributed by atoms with Crippen molar-refractivity contribution in [3.8, 4) is 0 Å². The highest BCUT2D eigenvalue weighted by molar-refractivity contribution is 5.74. The lowest BCUT2D eigenvalue weighted by molar-refractivity contribution is -0.140. The van der Waals surface area contributed by atoms with Crippen LogP contribution < -0.4 is 5.32 Å². The fourth-order valence-electron chi connectivity index (χ4n) is 2.46. The van der Waals surface area contributed by atoms with Crippen LogP contribution in [0, 0.1) is 11.8 Å². The normalized spacial score (nSPS) is 42.4. The van der Waals surface area contributed by atoms with E-state index in [0.717, 1.165) is 13.0 Å². The van der Waals surface area contributed by atoms with E-state index in [1.807, 2.05) is 0 Å². The molecular weight excluding hydrogens is 142 g/mol. The van der Waals surface area contributed by atoms with Gasteiger partial charge in [0.1, 0.15) is 6.04 Å². The molecule has 62 valence electrons. The Morgan fingerprint density at radius 1 is 1.45 bits per heavy atom. The van der Waals surface area contributed by atoms with Crippen LogP contribution in [0.2, 0.25) is 0 Å². The molecule has 2 rings (SSSR count). The maximum atomic E-state index is 10.7. The van der Waals surface area contributed by atoms with Crippen LogP contribution in [0.5, 0.6) is 0 Å². The summed E-state index contributed by atoms with van der Waals surface area (Å²) >= 11 is 0. The van der Waals surface area contributed by atoms with E-state index in [1.165, 1.54) is 12.8 Å². The van der Waals surface area contributed by atoms with Crippen molar-refractivity contribution in [1.82, 2.24) is 5.32 Å². The summed E-state index contributed by atoms with van der Waals surface area (Å²) in [5.41, 5.74) is 0. The molecule has 1 aliphatic carbocycles. The van der Waals surface area contributed by atoms with Gasteiger partial charge in [-0.15, -0.1) is 0 Å². The molecule has 0 aromatic rings. The molecule has 3 atom stereocenters. The average Bonchev–Trinajstić information content (AvgIpc) is 2.41. The van der Waals surface area contributed by atoms with Gasteiger partial charge < -0.3 is 10.4 Å². The second-order valence-electron chi connectivity index (χ2n) is 3.58. The predicted molar refractivity (Wildman–Crippen MR) is 40.3 cm³/mol. The quantitative estimate of drug-likeness (QED) is 0.578. The fourth-order valence-corrected chi connectivity index (χ4v) is 2.46. The van der Waals surface area contributed by atoms with E-state index in [-0.39, 0.29) is 6.04 Å². The molecule has 2 N–H and O–H groups in total. The zero-order valence-corrected chi connectivity index (χ0v) is 6.42. The van der Waals surface area contributed by atoms with E-state index >= 15 is 0 Å². The van der Waals surface area contributed by atoms with Crippen molar-refractivity contribution in [3.63, 3.8) is 0 Å². The summed E-state index contributed by atoms with van der Waals surface area (Å²) in [6, 6.07) is -0.248. The van der Waals surface area contributed by atoms with Gasteiger partial charge in [0.2, 0.25) is 0 Å². The van der Waals surface area contributed by atoms with E-state index in [4.69, 9.17) is 5.11 Å². The van der Waals surface area contributed by atoms with Crippen LogP contribution >= 0.6 is 0 Å². The number of nitrogens with one attached hydrogen (secondary N) is 1. The van der Waals surface area contributed by atoms with Crippen molar-refractivity contribution in [1.29, 1.82) is 0 Å². The van der Waals surface area contributed by atoms with E-state index in [2.05, 4.69) is 5.32 Å². The van der Waals surface area contributed by atoms with E-state index < -0.39 is 5.97 Å². The smallest absolute Gasteiger partial charge is 0.320 e. The van der Waals surface area contributed by atoms with Crippen molar-refractivity contribution in [2.75, 3.05) is 6.54 Å². The highest BCUT2D eigenvalue weighted by Crippen LogP contribution is 2.37. The van der Waals surface area contributed by atoms with Crippen LogP contribution in [0.15, 0.2) is 0 Å². The summed E-state index contributed by atoms with van der Waals surface area (Å²) in [6.07, 6.45) is 3.55. The number of rotatable bonds is 1. The van der Waals surface area contributed by atoms with Crippen LogP contribution in [0.3, 0.4) is 0 Å². The van der Waals surface area contributed by atoms with Crippen molar-refractivity contribution in [2.45, 2.75) is 25.3 Å². The van der Waals surface area contributed by atoms with E-state index in [9.17, 15) is 4.79 Å². The molecular formula is C8H13NO2. The molecule has 3 heteroatoms. The monoisotopic (exact) mass is 155 g/mol. The van der Waals surface area contributed by atoms with Gasteiger partial charge in [0.25, 0.3) is 0 Å². The van der Waals surface area contributed by atoms with Gasteiger partial charge in [-0.1, -0.05) is 6.42 Å². The van der Waals surface area contributed by atoms with Crippen molar-refractivity contribution in [2.24, 2.45) is 11.8 Å². The third-order valence-corrected chi connectivity index (χ3v) is 3.01. The van der Waals surface area contributed by atoms with Gasteiger partial charge >= 0.3 is 5.97 Å². The van der Waals surface area contributed by atoms with E-state index in [1.54, 1.807) is 0 Å². The first-order valence-electron chi connectivity index (χ1n) is 4.25. The van der Waals surface area contributed by atoms with Crippen LogP contribution in [-0.4, -0.2) is 23.7 Å². The Labute approximate surface area is 65.8 Å². The number of hydrogen-bond donors (Lipinski definition) is 2. The Morgan fingerprint density at radius 3 is 3.00 bits per heavy atom. The highest BCUT2D eigenvalue weighted by atomic mass is 16.4. The third-order valence-electron chi connectivity index (χ3n) is 3.01. The molecule has 3 nitrogen and oxygen atoms in total. The first-order chi connectivity index (χ1) is 5.29. The predicted octanol–water partition coefficient (Wildman–Crippen LogP) is 0.459. The van der Waals surface area contributed by atoms with Crippen LogP contribution in [0.1, 0.15) is 19.3 Å². The lowest BCUT2D eigenvalue weighted by Crippen LogP contribution is -2.35. The lowest BCUT2D eigenvalue weighted by atomic mass is 9.94. The standard InChI is InChI=1S/C8H13NO2/c10-8(11)7-6-3-1-2-5(6)4-9-7/h5-7,9H,1-4H2,(H,10,11)/t5-,6-,7?/m0/s1. The minimum absolute atomic E-state index is 0.248. The molecule has 1 unspecified atom stereocenters. The molecule has 0 amide bonds. The van der Waals surface area contributed by atoms with Crippen LogP contribution in [0.4, 0.5) is 0 Å². The maximum Gasteiger partial charge on any atom is 0.320 e. The molecule has 2 aliphatic rings. The summed E-state index contributed by atoms with van der Waals surface area (Å²) in [7, 11) is 0. The van der Waals surface area contributed by atoms with Gasteiger partial charge in [0, 0.05) is 0 Å². The van der Waals surface area contributed by atoms with Gasteiger partial charge in [0.05, 0.1) is 0 Å². The number of carboxylic acids is 1. The molecule has 0 radical (unpaired) electrons. The number of carboxylic acid groups (broad SMARTS) is 1. The Kier molecular flexibility index (Phi) is 1.60. The SMILES string of the molecule is O=C(O)C1NC[C@@H]2CCC[C@H]12. The molecule has 1 saturated heterocycles. The summed E-state index contributed by atoms with van der Waals surface area (Å²) in [5, 5.41) is 11.9. The van der Waals surface area contributed by atoms with Crippen LogP contribution in [-0.2, 0) is 4.79 Å².